The molecule has 72 valence electrons. The number of hydrogen-bond donors (Lipinski definition) is 2. The fourth-order valence-electron chi connectivity index (χ4n) is 1.22. The molecule has 1 heterocycles. The maximum absolute atomic E-state index is 10.7. The predicted molar refractivity (Wildman–Crippen MR) is 58.2 cm³/mol. The molecule has 0 radical (unpaired) electrons. The van der Waals surface area contributed by atoms with Gasteiger partial charge in [-0.25, -0.2) is 4.79 Å². The molecule has 1 aromatic carbocycles. The predicted octanol–water partition coefficient (Wildman–Crippen LogP) is 2.84. The SMILES string of the molecule is Nc1ccc(Cl)c2cc(C(=O)O)sc12. The van der Waals surface area contributed by atoms with E-state index in [9.17, 15) is 4.79 Å². The van der Waals surface area contributed by atoms with E-state index in [0.717, 1.165) is 16.0 Å². The van der Waals surface area contributed by atoms with Crippen molar-refractivity contribution in [3.8, 4) is 0 Å². The van der Waals surface area contributed by atoms with Crippen LogP contribution in [0.2, 0.25) is 5.02 Å². The minimum atomic E-state index is -0.957. The Balaban J connectivity index is 2.82. The second kappa shape index (κ2) is 3.15. The van der Waals surface area contributed by atoms with Crippen LogP contribution in [0.15, 0.2) is 18.2 Å². The number of anilines is 1. The van der Waals surface area contributed by atoms with Crippen molar-refractivity contribution >= 4 is 44.7 Å². The Labute approximate surface area is 88.7 Å². The average Bonchev–Trinajstić information content (AvgIpc) is 2.57. The van der Waals surface area contributed by atoms with Gasteiger partial charge >= 0.3 is 5.97 Å². The van der Waals surface area contributed by atoms with Crippen LogP contribution in [0.4, 0.5) is 5.69 Å². The number of carboxylic acid groups (broad SMARTS) is 1. The molecule has 0 saturated heterocycles. The smallest absolute Gasteiger partial charge is 0.345 e. The molecule has 5 heteroatoms. The Hall–Kier alpha value is -1.26. The maximum Gasteiger partial charge on any atom is 0.345 e. The normalized spacial score (nSPS) is 10.6. The largest absolute Gasteiger partial charge is 0.477 e. The molecule has 3 nitrogen and oxygen atoms in total. The molecule has 0 fully saturated rings. The minimum Gasteiger partial charge on any atom is -0.477 e. The summed E-state index contributed by atoms with van der Waals surface area (Å²) in [5.41, 5.74) is 6.25. The Morgan fingerprint density at radius 2 is 2.21 bits per heavy atom. The lowest BCUT2D eigenvalue weighted by molar-refractivity contribution is 0.0702. The first-order valence-electron chi connectivity index (χ1n) is 3.80. The van der Waals surface area contributed by atoms with E-state index in [1.54, 1.807) is 18.2 Å². The number of hydrogen-bond acceptors (Lipinski definition) is 3. The Kier molecular flexibility index (Phi) is 2.09. The lowest BCUT2D eigenvalue weighted by Gasteiger charge is -1.96. The molecule has 0 amide bonds. The zero-order chi connectivity index (χ0) is 10.3. The number of rotatable bonds is 1. The van der Waals surface area contributed by atoms with Crippen molar-refractivity contribution in [2.24, 2.45) is 0 Å². The second-order valence-corrected chi connectivity index (χ2v) is 4.25. The van der Waals surface area contributed by atoms with E-state index in [4.69, 9.17) is 22.4 Å². The van der Waals surface area contributed by atoms with Gasteiger partial charge in [-0.3, -0.25) is 0 Å². The molecule has 0 saturated carbocycles. The number of fused-ring (bicyclic) bond motifs is 1. The van der Waals surface area contributed by atoms with Crippen LogP contribution in [0.1, 0.15) is 9.67 Å². The zero-order valence-electron chi connectivity index (χ0n) is 6.95. The molecule has 0 aliphatic rings. The topological polar surface area (TPSA) is 63.3 Å². The van der Waals surface area contributed by atoms with Crippen LogP contribution < -0.4 is 5.73 Å². The van der Waals surface area contributed by atoms with E-state index < -0.39 is 5.97 Å². The van der Waals surface area contributed by atoms with Gasteiger partial charge in [-0.2, -0.15) is 0 Å². The van der Waals surface area contributed by atoms with Crippen LogP contribution >= 0.6 is 22.9 Å². The zero-order valence-corrected chi connectivity index (χ0v) is 8.52. The van der Waals surface area contributed by atoms with Crippen molar-refractivity contribution in [2.45, 2.75) is 0 Å². The van der Waals surface area contributed by atoms with E-state index >= 15 is 0 Å². The van der Waals surface area contributed by atoms with Crippen LogP contribution in [0.3, 0.4) is 0 Å². The van der Waals surface area contributed by atoms with Gasteiger partial charge in [0.1, 0.15) is 4.88 Å². The number of carbonyl (C=O) groups is 1. The number of aromatic carboxylic acids is 1. The number of nitrogen functional groups attached to an aromatic ring is 1. The van der Waals surface area contributed by atoms with Gasteiger partial charge in [-0.1, -0.05) is 11.6 Å². The molecule has 0 bridgehead atoms. The number of thiophene rings is 1. The first-order chi connectivity index (χ1) is 6.59. The van der Waals surface area contributed by atoms with Crippen LogP contribution in [0.5, 0.6) is 0 Å². The summed E-state index contributed by atoms with van der Waals surface area (Å²) in [6, 6.07) is 4.88. The molecule has 14 heavy (non-hydrogen) atoms. The summed E-state index contributed by atoms with van der Waals surface area (Å²) in [5.74, 6) is -0.957. The highest BCUT2D eigenvalue weighted by Gasteiger charge is 2.12. The first kappa shape index (κ1) is 9.30. The highest BCUT2D eigenvalue weighted by Crippen LogP contribution is 2.35. The molecular formula is C9H6ClNO2S. The van der Waals surface area contributed by atoms with Crippen LogP contribution in [0, 0.1) is 0 Å². The Bertz CT molecular complexity index is 482. The van der Waals surface area contributed by atoms with Crippen LogP contribution in [-0.2, 0) is 0 Å². The van der Waals surface area contributed by atoms with E-state index in [1.165, 1.54) is 0 Å². The van der Waals surface area contributed by atoms with Gasteiger partial charge in [0.15, 0.2) is 0 Å². The average molecular weight is 228 g/mol. The third-order valence-electron chi connectivity index (χ3n) is 1.87. The van der Waals surface area contributed by atoms with E-state index in [0.29, 0.717) is 16.1 Å². The van der Waals surface area contributed by atoms with E-state index in [1.807, 2.05) is 0 Å². The van der Waals surface area contributed by atoms with Crippen molar-refractivity contribution in [2.75, 3.05) is 5.73 Å². The fourth-order valence-corrected chi connectivity index (χ4v) is 2.43. The first-order valence-corrected chi connectivity index (χ1v) is 5.00. The third-order valence-corrected chi connectivity index (χ3v) is 3.37. The molecule has 2 rings (SSSR count). The van der Waals surface area contributed by atoms with Gasteiger partial charge < -0.3 is 10.8 Å². The van der Waals surface area contributed by atoms with Gasteiger partial charge in [0.05, 0.1) is 4.70 Å². The number of nitrogens with two attached hydrogens (primary N) is 1. The van der Waals surface area contributed by atoms with Gasteiger partial charge in [0.2, 0.25) is 0 Å². The minimum absolute atomic E-state index is 0.250. The van der Waals surface area contributed by atoms with E-state index in [-0.39, 0.29) is 4.88 Å². The van der Waals surface area contributed by atoms with Crippen molar-refractivity contribution < 1.29 is 9.90 Å². The van der Waals surface area contributed by atoms with Crippen LogP contribution in [0.25, 0.3) is 10.1 Å². The molecule has 2 aromatic rings. The lowest BCUT2D eigenvalue weighted by Crippen LogP contribution is -1.89. The molecule has 3 N–H and O–H groups in total. The van der Waals surface area contributed by atoms with Gasteiger partial charge in [-0.05, 0) is 18.2 Å². The Morgan fingerprint density at radius 1 is 1.50 bits per heavy atom. The molecular weight excluding hydrogens is 222 g/mol. The standard InChI is InChI=1S/C9H6ClNO2S/c10-5-1-2-6(11)8-4(5)3-7(14-8)9(12)13/h1-3H,11H2,(H,12,13). The number of benzene rings is 1. The van der Waals surface area contributed by atoms with Crippen LogP contribution in [-0.4, -0.2) is 11.1 Å². The summed E-state index contributed by atoms with van der Waals surface area (Å²) in [5, 5.41) is 10.0. The summed E-state index contributed by atoms with van der Waals surface area (Å²) in [4.78, 5) is 11.0. The summed E-state index contributed by atoms with van der Waals surface area (Å²) in [7, 11) is 0. The molecule has 0 aliphatic heterocycles. The monoisotopic (exact) mass is 227 g/mol. The highest BCUT2D eigenvalue weighted by molar-refractivity contribution is 7.21. The summed E-state index contributed by atoms with van der Waals surface area (Å²) < 4.78 is 0.731. The molecule has 1 aromatic heterocycles. The van der Waals surface area contributed by atoms with Gasteiger partial charge in [0.25, 0.3) is 0 Å². The van der Waals surface area contributed by atoms with Gasteiger partial charge in [0, 0.05) is 16.1 Å². The third kappa shape index (κ3) is 1.32. The quantitative estimate of drug-likeness (QED) is 0.737. The fraction of sp³-hybridized carbons (Fsp3) is 0. The maximum atomic E-state index is 10.7. The number of carboxylic acids is 1. The molecule has 0 atom stereocenters. The summed E-state index contributed by atoms with van der Waals surface area (Å²) in [6.07, 6.45) is 0. The van der Waals surface area contributed by atoms with Crippen molar-refractivity contribution in [1.82, 2.24) is 0 Å². The summed E-state index contributed by atoms with van der Waals surface area (Å²) >= 11 is 7.04. The van der Waals surface area contributed by atoms with Crippen molar-refractivity contribution in [3.63, 3.8) is 0 Å². The number of halogens is 1. The summed E-state index contributed by atoms with van der Waals surface area (Å²) in [6.45, 7) is 0. The van der Waals surface area contributed by atoms with Crippen molar-refractivity contribution in [3.05, 3.63) is 28.1 Å². The highest BCUT2D eigenvalue weighted by atomic mass is 35.5. The van der Waals surface area contributed by atoms with Gasteiger partial charge in [-0.15, -0.1) is 11.3 Å². The van der Waals surface area contributed by atoms with Crippen molar-refractivity contribution in [1.29, 1.82) is 0 Å². The molecule has 0 aliphatic carbocycles. The molecule has 0 unspecified atom stereocenters. The molecule has 0 spiro atoms. The van der Waals surface area contributed by atoms with E-state index in [2.05, 4.69) is 0 Å². The Morgan fingerprint density at radius 3 is 2.79 bits per heavy atom. The second-order valence-electron chi connectivity index (χ2n) is 2.80. The lowest BCUT2D eigenvalue weighted by atomic mass is 10.2.